The first-order valence-electron chi connectivity index (χ1n) is 9.12. The van der Waals surface area contributed by atoms with Gasteiger partial charge in [0, 0.05) is 12.6 Å². The second-order valence-corrected chi connectivity index (χ2v) is 6.85. The van der Waals surface area contributed by atoms with Crippen LogP contribution >= 0.6 is 0 Å². The van der Waals surface area contributed by atoms with Crippen LogP contribution in [0.1, 0.15) is 20.7 Å². The van der Waals surface area contributed by atoms with Crippen LogP contribution in [0.5, 0.6) is 0 Å². The number of halogens is 4. The zero-order chi connectivity index (χ0) is 23.2. The summed E-state index contributed by atoms with van der Waals surface area (Å²) in [6, 6.07) is 7.22. The Hall–Kier alpha value is -4.08. The smallest absolute Gasteiger partial charge is 0.340 e. The number of carbonyl (C=O) groups excluding carboxylic acids is 2. The Kier molecular flexibility index (Phi) is 5.21. The van der Waals surface area contributed by atoms with Crippen molar-refractivity contribution in [3.05, 3.63) is 70.8 Å². The molecule has 3 aromatic carbocycles. The molecule has 162 valence electrons. The third-order valence-electron chi connectivity index (χ3n) is 4.97. The monoisotopic (exact) mass is 443 g/mol. The van der Waals surface area contributed by atoms with E-state index in [1.54, 1.807) is 0 Å². The number of aldehydes is 1. The molecule has 0 saturated heterocycles. The number of aryl methyl sites for hydroxylation is 1. The second kappa shape index (κ2) is 7.88. The first-order valence-corrected chi connectivity index (χ1v) is 9.12. The van der Waals surface area contributed by atoms with Gasteiger partial charge in [-0.3, -0.25) is 4.79 Å². The number of methoxy groups -OCH3 is 1. The van der Waals surface area contributed by atoms with E-state index in [2.05, 4.69) is 10.3 Å². The summed E-state index contributed by atoms with van der Waals surface area (Å²) in [5.41, 5.74) is -2.32. The molecule has 0 atom stereocenters. The van der Waals surface area contributed by atoms with Gasteiger partial charge in [-0.15, -0.1) is 5.10 Å². The fraction of sp³-hybridized carbons (Fsp3) is 0.0909. The number of nitrogens with zero attached hydrogens (tertiary/aromatic N) is 3. The van der Waals surface area contributed by atoms with E-state index in [4.69, 9.17) is 4.74 Å². The maximum atomic E-state index is 15.1. The number of hydrogen-bond acceptors (Lipinski definition) is 5. The number of esters is 1. The number of benzene rings is 3. The number of ether oxygens (including phenoxy) is 1. The van der Waals surface area contributed by atoms with Gasteiger partial charge in [-0.1, -0.05) is 23.4 Å². The van der Waals surface area contributed by atoms with Gasteiger partial charge in [0.2, 0.25) is 0 Å². The molecule has 1 aromatic heterocycles. The molecule has 0 aliphatic rings. The third kappa shape index (κ3) is 3.20. The summed E-state index contributed by atoms with van der Waals surface area (Å²) in [5.74, 6) is -7.50. The van der Waals surface area contributed by atoms with Crippen LogP contribution in [0.3, 0.4) is 0 Å². The predicted octanol–water partition coefficient (Wildman–Crippen LogP) is 4.46. The van der Waals surface area contributed by atoms with Crippen LogP contribution < -0.4 is 0 Å². The van der Waals surface area contributed by atoms with Crippen molar-refractivity contribution in [2.45, 2.75) is 0 Å². The van der Waals surface area contributed by atoms with Gasteiger partial charge in [0.25, 0.3) is 0 Å². The van der Waals surface area contributed by atoms with Gasteiger partial charge in [0.05, 0.1) is 23.8 Å². The lowest BCUT2D eigenvalue weighted by molar-refractivity contribution is 0.0602. The van der Waals surface area contributed by atoms with E-state index in [0.717, 1.165) is 25.3 Å². The summed E-state index contributed by atoms with van der Waals surface area (Å²) in [4.78, 5) is 23.2. The van der Waals surface area contributed by atoms with E-state index in [0.29, 0.717) is 6.29 Å². The quantitative estimate of drug-likeness (QED) is 0.202. The summed E-state index contributed by atoms with van der Waals surface area (Å²) < 4.78 is 66.0. The molecule has 10 heteroatoms. The van der Waals surface area contributed by atoms with Crippen LogP contribution in [0.2, 0.25) is 0 Å². The summed E-state index contributed by atoms with van der Waals surface area (Å²) >= 11 is 0. The van der Waals surface area contributed by atoms with Gasteiger partial charge < -0.3 is 4.74 Å². The number of carbonyl (C=O) groups is 2. The molecule has 0 aliphatic heterocycles. The molecule has 0 aliphatic carbocycles. The van der Waals surface area contributed by atoms with Crippen LogP contribution in [-0.2, 0) is 11.8 Å². The average Bonchev–Trinajstić information content (AvgIpc) is 3.18. The van der Waals surface area contributed by atoms with Gasteiger partial charge in [0.15, 0.2) is 23.3 Å². The molecular formula is C22H13F4N3O3. The SMILES string of the molecule is COC(=O)c1cc(-c2c(F)c(F)c(-c3cccc(C=O)c3)c(F)c2F)cc2nnn(C)c12. The molecule has 0 fully saturated rings. The molecule has 0 bridgehead atoms. The topological polar surface area (TPSA) is 74.1 Å². The second-order valence-electron chi connectivity index (χ2n) is 6.85. The average molecular weight is 443 g/mol. The lowest BCUT2D eigenvalue weighted by Crippen LogP contribution is -2.07. The zero-order valence-electron chi connectivity index (χ0n) is 16.6. The van der Waals surface area contributed by atoms with Crippen molar-refractivity contribution < 1.29 is 31.9 Å². The summed E-state index contributed by atoms with van der Waals surface area (Å²) in [6.07, 6.45) is 0.435. The Morgan fingerprint density at radius 1 is 0.969 bits per heavy atom. The molecule has 1 heterocycles. The van der Waals surface area contributed by atoms with E-state index < -0.39 is 40.4 Å². The fourth-order valence-electron chi connectivity index (χ4n) is 3.51. The van der Waals surface area contributed by atoms with Gasteiger partial charge >= 0.3 is 5.97 Å². The Balaban J connectivity index is 2.01. The van der Waals surface area contributed by atoms with Crippen LogP contribution in [0.15, 0.2) is 36.4 Å². The minimum absolute atomic E-state index is 0.0628. The van der Waals surface area contributed by atoms with Gasteiger partial charge in [-0.2, -0.15) is 0 Å². The van der Waals surface area contributed by atoms with E-state index >= 15 is 8.78 Å². The van der Waals surface area contributed by atoms with E-state index in [-0.39, 0.29) is 33.3 Å². The molecule has 0 N–H and O–H groups in total. The van der Waals surface area contributed by atoms with Crippen molar-refractivity contribution >= 4 is 23.3 Å². The highest BCUT2D eigenvalue weighted by Gasteiger charge is 2.29. The first kappa shape index (κ1) is 21.2. The third-order valence-corrected chi connectivity index (χ3v) is 4.97. The number of rotatable bonds is 4. The molecule has 0 spiro atoms. The molecule has 0 unspecified atom stereocenters. The number of aromatic nitrogens is 3. The predicted molar refractivity (Wildman–Crippen MR) is 106 cm³/mol. The molecule has 0 radical (unpaired) electrons. The van der Waals surface area contributed by atoms with Crippen molar-refractivity contribution in [3.63, 3.8) is 0 Å². The molecule has 0 saturated carbocycles. The highest BCUT2D eigenvalue weighted by atomic mass is 19.2. The Bertz CT molecular complexity index is 1390. The molecular weight excluding hydrogens is 430 g/mol. The van der Waals surface area contributed by atoms with Crippen LogP contribution in [0.4, 0.5) is 17.6 Å². The van der Waals surface area contributed by atoms with Crippen molar-refractivity contribution in [3.8, 4) is 22.3 Å². The minimum atomic E-state index is -1.67. The normalized spacial score (nSPS) is 11.1. The Morgan fingerprint density at radius 3 is 2.19 bits per heavy atom. The maximum Gasteiger partial charge on any atom is 0.340 e. The molecule has 6 nitrogen and oxygen atoms in total. The van der Waals surface area contributed by atoms with Crippen LogP contribution in [0, 0.1) is 23.3 Å². The summed E-state index contributed by atoms with van der Waals surface area (Å²) in [5, 5.41) is 7.56. The van der Waals surface area contributed by atoms with E-state index in [1.807, 2.05) is 0 Å². The summed E-state index contributed by atoms with van der Waals surface area (Å²) in [7, 11) is 2.59. The van der Waals surface area contributed by atoms with E-state index in [9.17, 15) is 18.4 Å². The highest BCUT2D eigenvalue weighted by Crippen LogP contribution is 2.38. The van der Waals surface area contributed by atoms with Crippen molar-refractivity contribution in [2.75, 3.05) is 7.11 Å². The summed E-state index contributed by atoms with van der Waals surface area (Å²) in [6.45, 7) is 0. The van der Waals surface area contributed by atoms with Crippen molar-refractivity contribution in [1.82, 2.24) is 15.0 Å². The molecule has 4 rings (SSSR count). The molecule has 32 heavy (non-hydrogen) atoms. The Labute approximate surface area is 178 Å². The minimum Gasteiger partial charge on any atom is -0.465 e. The van der Waals surface area contributed by atoms with Crippen molar-refractivity contribution in [1.29, 1.82) is 0 Å². The first-order chi connectivity index (χ1) is 15.3. The molecule has 4 aromatic rings. The number of fused-ring (bicyclic) bond motifs is 1. The lowest BCUT2D eigenvalue weighted by atomic mass is 9.95. The highest BCUT2D eigenvalue weighted by molar-refractivity contribution is 6.04. The van der Waals surface area contributed by atoms with Gasteiger partial charge in [0.1, 0.15) is 17.3 Å². The standard InChI is InChI=1S/C22H13F4N3O3/c1-29-21-13(22(31)32-2)7-12(8-14(21)27-28-29)16-19(25)17(23)15(18(24)20(16)26)11-5-3-4-10(6-11)9-30/h3-9H,1-2H3. The van der Waals surface area contributed by atoms with Gasteiger partial charge in [-0.05, 0) is 29.3 Å². The largest absolute Gasteiger partial charge is 0.465 e. The van der Waals surface area contributed by atoms with Gasteiger partial charge in [-0.25, -0.2) is 27.0 Å². The molecule has 0 amide bonds. The lowest BCUT2D eigenvalue weighted by Gasteiger charge is -2.14. The fourth-order valence-corrected chi connectivity index (χ4v) is 3.51. The number of hydrogen-bond donors (Lipinski definition) is 0. The van der Waals surface area contributed by atoms with Crippen LogP contribution in [0.25, 0.3) is 33.3 Å². The zero-order valence-corrected chi connectivity index (χ0v) is 16.6. The van der Waals surface area contributed by atoms with Crippen molar-refractivity contribution in [2.24, 2.45) is 7.05 Å². The van der Waals surface area contributed by atoms with Crippen LogP contribution in [-0.4, -0.2) is 34.4 Å². The maximum absolute atomic E-state index is 15.1. The van der Waals surface area contributed by atoms with E-state index in [1.165, 1.54) is 29.9 Å². The Morgan fingerprint density at radius 2 is 1.59 bits per heavy atom.